The van der Waals surface area contributed by atoms with Crippen molar-refractivity contribution >= 4 is 19.4 Å². The van der Waals surface area contributed by atoms with Crippen molar-refractivity contribution in [2.75, 3.05) is 0 Å². The minimum atomic E-state index is 0.585. The predicted octanol–water partition coefficient (Wildman–Crippen LogP) is 3.98. The van der Waals surface area contributed by atoms with Crippen molar-refractivity contribution in [3.05, 3.63) is 77.4 Å². The minimum absolute atomic E-state index is 0.585. The Kier molecular flexibility index (Phi) is 3.84. The normalized spacial score (nSPS) is 14.1. The molecule has 19 heavy (non-hydrogen) atoms. The molecule has 0 spiro atoms. The molecule has 1 heteroatoms. The van der Waals surface area contributed by atoms with E-state index in [0.717, 1.165) is 12.0 Å². The van der Waals surface area contributed by atoms with Crippen molar-refractivity contribution < 1.29 is 0 Å². The number of allylic oxidation sites excluding steroid dienone is 1. The van der Waals surface area contributed by atoms with Crippen molar-refractivity contribution in [2.45, 2.75) is 11.7 Å². The molecule has 1 aliphatic heterocycles. The number of rotatable bonds is 1. The number of benzene rings is 2. The van der Waals surface area contributed by atoms with E-state index in [1.807, 2.05) is 18.2 Å². The molecule has 0 bridgehead atoms. The first-order valence-electron chi connectivity index (χ1n) is 6.42. The zero-order valence-electron chi connectivity index (χ0n) is 10.6. The molecule has 0 saturated heterocycles. The third kappa shape index (κ3) is 2.99. The van der Waals surface area contributed by atoms with Crippen molar-refractivity contribution in [2.24, 2.45) is 0 Å². The van der Waals surface area contributed by atoms with Gasteiger partial charge in [0.15, 0.2) is 0 Å². The van der Waals surface area contributed by atoms with E-state index in [-0.39, 0.29) is 0 Å². The van der Waals surface area contributed by atoms with E-state index >= 15 is 0 Å². The molecular weight excluding hydrogens is 295 g/mol. The second-order valence-corrected chi connectivity index (χ2v) is 6.71. The van der Waals surface area contributed by atoms with Gasteiger partial charge in [-0.15, -0.1) is 0 Å². The molecule has 0 fully saturated rings. The summed E-state index contributed by atoms with van der Waals surface area (Å²) in [6.45, 7) is 0. The van der Waals surface area contributed by atoms with Crippen LogP contribution in [0, 0.1) is 11.8 Å². The average molecular weight is 309 g/mol. The maximum absolute atomic E-state index is 3.39. The second kappa shape index (κ2) is 5.93. The maximum atomic E-state index is 3.39. The molecule has 0 radical (unpaired) electrons. The summed E-state index contributed by atoms with van der Waals surface area (Å²) in [5.41, 5.74) is 3.80. The van der Waals surface area contributed by atoms with Gasteiger partial charge in [-0.25, -0.2) is 0 Å². The van der Waals surface area contributed by atoms with Crippen LogP contribution < -0.4 is 0 Å². The Labute approximate surface area is 120 Å². The van der Waals surface area contributed by atoms with E-state index in [9.17, 15) is 0 Å². The molecule has 1 heterocycles. The Balaban J connectivity index is 1.93. The summed E-state index contributed by atoms with van der Waals surface area (Å²) < 4.78 is 1.50. The van der Waals surface area contributed by atoms with Crippen LogP contribution in [0.5, 0.6) is 0 Å². The first-order valence-corrected chi connectivity index (χ1v) is 8.49. The third-order valence-corrected chi connectivity index (χ3v) is 5.51. The summed E-state index contributed by atoms with van der Waals surface area (Å²) in [6, 6.07) is 20.9. The van der Waals surface area contributed by atoms with Crippen LogP contribution in [-0.4, -0.2) is 15.0 Å². The SMILES string of the molecule is C(#Cc1ccccc1)C1=C(c2ccccc2)[Se]CC1. The van der Waals surface area contributed by atoms with E-state index in [2.05, 4.69) is 54.3 Å². The van der Waals surface area contributed by atoms with Crippen molar-refractivity contribution in [1.82, 2.24) is 0 Å². The van der Waals surface area contributed by atoms with Crippen LogP contribution in [0.2, 0.25) is 5.32 Å². The Morgan fingerprint density at radius 2 is 1.47 bits per heavy atom. The van der Waals surface area contributed by atoms with Crippen LogP contribution in [0.4, 0.5) is 0 Å². The number of hydrogen-bond acceptors (Lipinski definition) is 0. The molecule has 0 amide bonds. The van der Waals surface area contributed by atoms with Crippen molar-refractivity contribution in [3.63, 3.8) is 0 Å². The molecule has 0 atom stereocenters. The van der Waals surface area contributed by atoms with Crippen LogP contribution in [0.25, 0.3) is 4.47 Å². The van der Waals surface area contributed by atoms with Crippen LogP contribution in [0.1, 0.15) is 17.5 Å². The topological polar surface area (TPSA) is 0 Å². The Hall–Kier alpha value is -1.74. The fourth-order valence-electron chi connectivity index (χ4n) is 2.09. The standard InChI is InChI=1S/C18H14Se/c1-3-7-15(8-4-1)11-12-17-13-14-19-18(17)16-9-5-2-6-10-16/h1-10H,13-14H2. The number of hydrogen-bond donors (Lipinski definition) is 0. The van der Waals surface area contributed by atoms with Gasteiger partial charge in [0.05, 0.1) is 0 Å². The van der Waals surface area contributed by atoms with Gasteiger partial charge < -0.3 is 0 Å². The molecular formula is C18H14Se. The summed E-state index contributed by atoms with van der Waals surface area (Å²) >= 11 is 0.585. The molecule has 0 aliphatic carbocycles. The van der Waals surface area contributed by atoms with Gasteiger partial charge in [-0.1, -0.05) is 0 Å². The van der Waals surface area contributed by atoms with Crippen LogP contribution in [0.15, 0.2) is 66.2 Å². The average Bonchev–Trinajstić information content (AvgIpc) is 2.95. The summed E-state index contributed by atoms with van der Waals surface area (Å²) in [7, 11) is 0. The quantitative estimate of drug-likeness (QED) is 0.552. The first kappa shape index (κ1) is 12.3. The zero-order chi connectivity index (χ0) is 12.9. The summed E-state index contributed by atoms with van der Waals surface area (Å²) in [5.74, 6) is 6.68. The van der Waals surface area contributed by atoms with E-state index in [1.165, 1.54) is 20.9 Å². The van der Waals surface area contributed by atoms with Crippen molar-refractivity contribution in [3.8, 4) is 11.8 Å². The Bertz CT molecular complexity index is 642. The zero-order valence-corrected chi connectivity index (χ0v) is 12.3. The van der Waals surface area contributed by atoms with E-state index in [4.69, 9.17) is 0 Å². The molecule has 0 unspecified atom stereocenters. The first-order chi connectivity index (χ1) is 9.43. The van der Waals surface area contributed by atoms with Gasteiger partial charge >= 0.3 is 120 Å². The molecule has 1 aliphatic rings. The molecule has 92 valence electrons. The fourth-order valence-corrected chi connectivity index (χ4v) is 4.48. The monoisotopic (exact) mass is 310 g/mol. The van der Waals surface area contributed by atoms with Gasteiger partial charge in [0, 0.05) is 0 Å². The molecule has 3 rings (SSSR count). The molecule has 0 N–H and O–H groups in total. The van der Waals surface area contributed by atoms with Gasteiger partial charge in [-0.3, -0.25) is 0 Å². The van der Waals surface area contributed by atoms with Crippen LogP contribution in [-0.2, 0) is 0 Å². The van der Waals surface area contributed by atoms with Crippen molar-refractivity contribution in [1.29, 1.82) is 0 Å². The molecule has 0 nitrogen and oxygen atoms in total. The van der Waals surface area contributed by atoms with Gasteiger partial charge in [0.25, 0.3) is 0 Å². The molecule has 2 aromatic carbocycles. The van der Waals surface area contributed by atoms with Gasteiger partial charge in [-0.2, -0.15) is 0 Å². The Morgan fingerprint density at radius 3 is 2.21 bits per heavy atom. The summed E-state index contributed by atoms with van der Waals surface area (Å²) in [4.78, 5) is 0. The van der Waals surface area contributed by atoms with Crippen LogP contribution in [0.3, 0.4) is 0 Å². The van der Waals surface area contributed by atoms with E-state index in [1.54, 1.807) is 0 Å². The van der Waals surface area contributed by atoms with Gasteiger partial charge in [-0.05, 0) is 0 Å². The molecule has 0 saturated carbocycles. The fraction of sp³-hybridized carbons (Fsp3) is 0.111. The second-order valence-electron chi connectivity index (χ2n) is 4.39. The predicted molar refractivity (Wildman–Crippen MR) is 81.9 cm³/mol. The van der Waals surface area contributed by atoms with E-state index in [0.29, 0.717) is 15.0 Å². The Morgan fingerprint density at radius 1 is 0.789 bits per heavy atom. The summed E-state index contributed by atoms with van der Waals surface area (Å²) in [6.07, 6.45) is 1.14. The van der Waals surface area contributed by atoms with E-state index < -0.39 is 0 Å². The van der Waals surface area contributed by atoms with Gasteiger partial charge in [0.1, 0.15) is 0 Å². The molecule has 2 aromatic rings. The third-order valence-electron chi connectivity index (χ3n) is 3.04. The summed E-state index contributed by atoms with van der Waals surface area (Å²) in [5, 5.41) is 1.29. The van der Waals surface area contributed by atoms with Crippen LogP contribution >= 0.6 is 0 Å². The molecule has 0 aromatic heterocycles. The van der Waals surface area contributed by atoms with Gasteiger partial charge in [0.2, 0.25) is 0 Å².